The van der Waals surface area contributed by atoms with Gasteiger partial charge in [0.05, 0.1) is 19.8 Å². The van der Waals surface area contributed by atoms with E-state index >= 15 is 0 Å². The van der Waals surface area contributed by atoms with E-state index in [1.165, 1.54) is 25.7 Å². The van der Waals surface area contributed by atoms with Crippen molar-refractivity contribution in [2.24, 2.45) is 4.99 Å². The summed E-state index contributed by atoms with van der Waals surface area (Å²) < 4.78 is 5.41. The molecule has 2 N–H and O–H groups in total. The average Bonchev–Trinajstić information content (AvgIpc) is 2.53. The van der Waals surface area contributed by atoms with Gasteiger partial charge in [-0.3, -0.25) is 9.89 Å². The maximum absolute atomic E-state index is 5.41. The Morgan fingerprint density at radius 2 is 1.87 bits per heavy atom. The van der Waals surface area contributed by atoms with E-state index in [4.69, 9.17) is 9.73 Å². The molecule has 0 radical (unpaired) electrons. The highest BCUT2D eigenvalue weighted by molar-refractivity contribution is 14.0. The van der Waals surface area contributed by atoms with Gasteiger partial charge in [0, 0.05) is 31.7 Å². The van der Waals surface area contributed by atoms with E-state index < -0.39 is 0 Å². The molecule has 0 aromatic rings. The van der Waals surface area contributed by atoms with Gasteiger partial charge in [-0.25, -0.2) is 0 Å². The van der Waals surface area contributed by atoms with Crippen LogP contribution in [0, 0.1) is 0 Å². The fourth-order valence-corrected chi connectivity index (χ4v) is 2.68. The number of hydrogen-bond donors (Lipinski definition) is 2. The van der Waals surface area contributed by atoms with Crippen molar-refractivity contribution in [1.29, 1.82) is 0 Å². The van der Waals surface area contributed by atoms with Gasteiger partial charge in [-0.15, -0.1) is 24.0 Å². The lowest BCUT2D eigenvalue weighted by molar-refractivity contribution is 0.0220. The van der Waals surface area contributed by atoms with Crippen molar-refractivity contribution in [1.82, 2.24) is 15.5 Å². The second-order valence-electron chi connectivity index (χ2n) is 6.26. The number of ether oxygens (including phenoxy) is 1. The van der Waals surface area contributed by atoms with Crippen LogP contribution < -0.4 is 10.6 Å². The van der Waals surface area contributed by atoms with Crippen LogP contribution in [0.2, 0.25) is 0 Å². The number of halogens is 1. The van der Waals surface area contributed by atoms with Crippen molar-refractivity contribution < 1.29 is 4.74 Å². The molecule has 1 heterocycles. The summed E-state index contributed by atoms with van der Waals surface area (Å²) in [7, 11) is 0. The number of unbranched alkanes of at least 4 members (excludes halogenated alkanes) is 2. The van der Waals surface area contributed by atoms with Crippen LogP contribution in [0.15, 0.2) is 4.99 Å². The molecule has 0 aromatic carbocycles. The minimum absolute atomic E-state index is 0. The smallest absolute Gasteiger partial charge is 0.191 e. The third kappa shape index (κ3) is 10.4. The standard InChI is InChI=1S/C17H36N4O.HI/c1-5-7-8-9-15(3)20-17(18-6-2)19-14-16(4)21-10-12-22-13-11-21;/h15-16H,5-14H2,1-4H3,(H2,18,19,20);1H. The van der Waals surface area contributed by atoms with Gasteiger partial charge in [-0.05, 0) is 27.2 Å². The largest absolute Gasteiger partial charge is 0.379 e. The molecule has 1 aliphatic rings. The van der Waals surface area contributed by atoms with Gasteiger partial charge < -0.3 is 15.4 Å². The van der Waals surface area contributed by atoms with Crippen LogP contribution in [0.3, 0.4) is 0 Å². The topological polar surface area (TPSA) is 48.9 Å². The molecule has 0 bridgehead atoms. The fourth-order valence-electron chi connectivity index (χ4n) is 2.68. The number of hydrogen-bond acceptors (Lipinski definition) is 3. The number of nitrogens with one attached hydrogen (secondary N) is 2. The van der Waals surface area contributed by atoms with Crippen molar-refractivity contribution in [3.8, 4) is 0 Å². The Labute approximate surface area is 160 Å². The second-order valence-corrected chi connectivity index (χ2v) is 6.26. The number of guanidine groups is 1. The van der Waals surface area contributed by atoms with Crippen LogP contribution in [-0.2, 0) is 4.74 Å². The molecular weight excluding hydrogens is 403 g/mol. The minimum Gasteiger partial charge on any atom is -0.379 e. The zero-order valence-electron chi connectivity index (χ0n) is 15.4. The second kappa shape index (κ2) is 14.3. The maximum atomic E-state index is 5.41. The predicted octanol–water partition coefficient (Wildman–Crippen LogP) is 2.85. The van der Waals surface area contributed by atoms with Gasteiger partial charge in [-0.1, -0.05) is 26.2 Å². The molecule has 0 amide bonds. The van der Waals surface area contributed by atoms with Gasteiger partial charge in [-0.2, -0.15) is 0 Å². The van der Waals surface area contributed by atoms with Crippen molar-refractivity contribution in [2.75, 3.05) is 39.4 Å². The zero-order chi connectivity index (χ0) is 16.2. The molecule has 5 nitrogen and oxygen atoms in total. The highest BCUT2D eigenvalue weighted by Crippen LogP contribution is 2.05. The molecule has 138 valence electrons. The van der Waals surface area contributed by atoms with Gasteiger partial charge >= 0.3 is 0 Å². The first-order chi connectivity index (χ1) is 10.7. The van der Waals surface area contributed by atoms with Gasteiger partial charge in [0.2, 0.25) is 0 Å². The van der Waals surface area contributed by atoms with Crippen LogP contribution in [0.1, 0.15) is 53.4 Å². The van der Waals surface area contributed by atoms with Crippen molar-refractivity contribution >= 4 is 29.9 Å². The monoisotopic (exact) mass is 440 g/mol. The third-order valence-electron chi connectivity index (χ3n) is 4.15. The molecule has 0 aromatic heterocycles. The summed E-state index contributed by atoms with van der Waals surface area (Å²) in [5, 5.41) is 6.89. The van der Waals surface area contributed by atoms with E-state index in [0.29, 0.717) is 12.1 Å². The van der Waals surface area contributed by atoms with E-state index in [1.807, 2.05) is 0 Å². The number of morpholine rings is 1. The van der Waals surface area contributed by atoms with Crippen LogP contribution in [0.4, 0.5) is 0 Å². The van der Waals surface area contributed by atoms with Crippen molar-refractivity contribution in [3.63, 3.8) is 0 Å². The minimum atomic E-state index is 0. The Morgan fingerprint density at radius 1 is 1.17 bits per heavy atom. The zero-order valence-corrected chi connectivity index (χ0v) is 17.8. The maximum Gasteiger partial charge on any atom is 0.191 e. The van der Waals surface area contributed by atoms with E-state index in [9.17, 15) is 0 Å². The van der Waals surface area contributed by atoms with Crippen molar-refractivity contribution in [3.05, 3.63) is 0 Å². The first-order valence-corrected chi connectivity index (χ1v) is 9.04. The van der Waals surface area contributed by atoms with Crippen LogP contribution >= 0.6 is 24.0 Å². The number of nitrogens with zero attached hydrogens (tertiary/aromatic N) is 2. The molecule has 0 spiro atoms. The summed E-state index contributed by atoms with van der Waals surface area (Å²) in [5.74, 6) is 0.951. The van der Waals surface area contributed by atoms with Gasteiger partial charge in [0.25, 0.3) is 0 Å². The molecule has 1 saturated heterocycles. The van der Waals surface area contributed by atoms with Crippen LogP contribution in [0.5, 0.6) is 0 Å². The Morgan fingerprint density at radius 3 is 2.48 bits per heavy atom. The van der Waals surface area contributed by atoms with E-state index in [2.05, 4.69) is 43.2 Å². The summed E-state index contributed by atoms with van der Waals surface area (Å²) in [5.41, 5.74) is 0. The number of aliphatic imine (C=N–C) groups is 1. The third-order valence-corrected chi connectivity index (χ3v) is 4.15. The van der Waals surface area contributed by atoms with E-state index in [1.54, 1.807) is 0 Å². The molecule has 2 unspecified atom stereocenters. The summed E-state index contributed by atoms with van der Waals surface area (Å²) in [4.78, 5) is 7.23. The lowest BCUT2D eigenvalue weighted by atomic mass is 10.1. The molecule has 2 atom stereocenters. The summed E-state index contributed by atoms with van der Waals surface area (Å²) in [6.07, 6.45) is 5.08. The molecular formula is C17H37IN4O. The van der Waals surface area contributed by atoms with E-state index in [-0.39, 0.29) is 24.0 Å². The Balaban J connectivity index is 0.00000484. The van der Waals surface area contributed by atoms with Crippen molar-refractivity contribution in [2.45, 2.75) is 65.5 Å². The lowest BCUT2D eigenvalue weighted by Crippen LogP contribution is -2.45. The molecule has 6 heteroatoms. The summed E-state index contributed by atoms with van der Waals surface area (Å²) >= 11 is 0. The van der Waals surface area contributed by atoms with E-state index in [0.717, 1.165) is 45.4 Å². The first kappa shape index (κ1) is 22.9. The van der Waals surface area contributed by atoms with Crippen LogP contribution in [0.25, 0.3) is 0 Å². The number of rotatable bonds is 9. The molecule has 0 saturated carbocycles. The SMILES string of the molecule is CCCCCC(C)NC(=NCC(C)N1CCOCC1)NCC.I. The molecule has 1 aliphatic heterocycles. The Kier molecular flexibility index (Phi) is 14.2. The molecule has 0 aliphatic carbocycles. The van der Waals surface area contributed by atoms with Gasteiger partial charge in [0.15, 0.2) is 5.96 Å². The van der Waals surface area contributed by atoms with Crippen LogP contribution in [-0.4, -0.2) is 62.3 Å². The summed E-state index contributed by atoms with van der Waals surface area (Å²) in [6, 6.07) is 0.942. The highest BCUT2D eigenvalue weighted by atomic mass is 127. The quantitative estimate of drug-likeness (QED) is 0.251. The lowest BCUT2D eigenvalue weighted by Gasteiger charge is -2.31. The first-order valence-electron chi connectivity index (χ1n) is 9.04. The fraction of sp³-hybridized carbons (Fsp3) is 0.941. The molecule has 1 fully saturated rings. The molecule has 1 rings (SSSR count). The predicted molar refractivity (Wildman–Crippen MR) is 110 cm³/mol. The summed E-state index contributed by atoms with van der Waals surface area (Å²) in [6.45, 7) is 14.3. The molecule has 23 heavy (non-hydrogen) atoms. The average molecular weight is 440 g/mol. The normalized spacial score (nSPS) is 18.9. The highest BCUT2D eigenvalue weighted by Gasteiger charge is 2.16. The Hall–Kier alpha value is -0.0800. The Bertz CT molecular complexity index is 309. The van der Waals surface area contributed by atoms with Gasteiger partial charge in [0.1, 0.15) is 0 Å².